The van der Waals surface area contributed by atoms with Gasteiger partial charge in [0.2, 0.25) is 0 Å². The maximum Gasteiger partial charge on any atom is 0.334 e. The monoisotopic (exact) mass is 188 g/mol. The molecule has 14 heavy (non-hydrogen) atoms. The highest BCUT2D eigenvalue weighted by Gasteiger charge is 2.11. The van der Waals surface area contributed by atoms with Crippen LogP contribution in [0.25, 0.3) is 0 Å². The molecule has 0 heterocycles. The van der Waals surface area contributed by atoms with E-state index in [2.05, 4.69) is 5.92 Å². The number of esters is 1. The quantitative estimate of drug-likeness (QED) is 0.489. The molecule has 0 bridgehead atoms. The molecule has 0 fully saturated rings. The standard InChI is InChI=1S/C12H12O2/c1-3-10-7-5-6-8-11(9-10)12(13)14-4-2/h1,5-8H,4,9H2,2H3. The first-order chi connectivity index (χ1) is 6.77. The molecule has 0 amide bonds. The summed E-state index contributed by atoms with van der Waals surface area (Å²) in [6, 6.07) is 0. The Bertz CT molecular complexity index is 351. The van der Waals surface area contributed by atoms with Gasteiger partial charge in [0, 0.05) is 17.6 Å². The number of carbonyl (C=O) groups excluding carboxylic acids is 1. The Kier molecular flexibility index (Phi) is 3.75. The van der Waals surface area contributed by atoms with Crippen molar-refractivity contribution in [3.63, 3.8) is 0 Å². The normalized spacial score (nSPS) is 14.9. The van der Waals surface area contributed by atoms with Crippen molar-refractivity contribution in [2.75, 3.05) is 6.61 Å². The maximum absolute atomic E-state index is 11.4. The average molecular weight is 188 g/mol. The fourth-order valence-corrected chi connectivity index (χ4v) is 1.13. The van der Waals surface area contributed by atoms with Crippen molar-refractivity contribution < 1.29 is 9.53 Å². The van der Waals surface area contributed by atoms with Gasteiger partial charge in [0.15, 0.2) is 0 Å². The molecular formula is C12H12O2. The van der Waals surface area contributed by atoms with Gasteiger partial charge in [0.1, 0.15) is 0 Å². The molecule has 0 saturated carbocycles. The van der Waals surface area contributed by atoms with Gasteiger partial charge in [-0.1, -0.05) is 30.2 Å². The van der Waals surface area contributed by atoms with E-state index in [9.17, 15) is 4.79 Å². The van der Waals surface area contributed by atoms with Gasteiger partial charge in [-0.05, 0) is 6.92 Å². The van der Waals surface area contributed by atoms with Crippen LogP contribution in [0.3, 0.4) is 0 Å². The molecule has 0 radical (unpaired) electrons. The van der Waals surface area contributed by atoms with E-state index in [0.717, 1.165) is 5.57 Å². The highest BCUT2D eigenvalue weighted by molar-refractivity contribution is 5.89. The van der Waals surface area contributed by atoms with E-state index in [1.807, 2.05) is 12.2 Å². The molecule has 1 rings (SSSR count). The topological polar surface area (TPSA) is 26.3 Å². The third-order valence-electron chi connectivity index (χ3n) is 1.81. The second-order valence-electron chi connectivity index (χ2n) is 2.81. The predicted molar refractivity (Wildman–Crippen MR) is 55.4 cm³/mol. The van der Waals surface area contributed by atoms with E-state index in [0.29, 0.717) is 18.6 Å². The second kappa shape index (κ2) is 5.08. The summed E-state index contributed by atoms with van der Waals surface area (Å²) in [5.74, 6) is 2.24. The molecule has 0 unspecified atom stereocenters. The van der Waals surface area contributed by atoms with Crippen LogP contribution in [0.5, 0.6) is 0 Å². The second-order valence-corrected chi connectivity index (χ2v) is 2.81. The summed E-state index contributed by atoms with van der Waals surface area (Å²) in [4.78, 5) is 11.4. The molecule has 2 nitrogen and oxygen atoms in total. The molecule has 1 aliphatic rings. The molecule has 0 saturated heterocycles. The Hall–Kier alpha value is -1.75. The molecule has 0 aromatic carbocycles. The molecule has 2 heteroatoms. The third-order valence-corrected chi connectivity index (χ3v) is 1.81. The van der Waals surface area contributed by atoms with Crippen LogP contribution in [0.1, 0.15) is 13.3 Å². The van der Waals surface area contributed by atoms with Crippen LogP contribution in [0.15, 0.2) is 35.5 Å². The third kappa shape index (κ3) is 2.63. The van der Waals surface area contributed by atoms with E-state index in [4.69, 9.17) is 11.2 Å². The first kappa shape index (κ1) is 10.3. The lowest BCUT2D eigenvalue weighted by atomic mass is 10.1. The maximum atomic E-state index is 11.4. The zero-order chi connectivity index (χ0) is 10.4. The lowest BCUT2D eigenvalue weighted by Crippen LogP contribution is -2.07. The molecule has 0 aromatic heterocycles. The van der Waals surface area contributed by atoms with Crippen LogP contribution in [0.2, 0.25) is 0 Å². The lowest BCUT2D eigenvalue weighted by Gasteiger charge is -2.04. The first-order valence-corrected chi connectivity index (χ1v) is 4.48. The van der Waals surface area contributed by atoms with Gasteiger partial charge >= 0.3 is 5.97 Å². The first-order valence-electron chi connectivity index (χ1n) is 4.48. The van der Waals surface area contributed by atoms with Crippen LogP contribution in [-0.2, 0) is 9.53 Å². The molecule has 1 aliphatic carbocycles. The average Bonchev–Trinajstić information content (AvgIpc) is 2.43. The van der Waals surface area contributed by atoms with Crippen molar-refractivity contribution in [3.05, 3.63) is 35.5 Å². The van der Waals surface area contributed by atoms with Gasteiger partial charge in [0.05, 0.1) is 6.61 Å². The van der Waals surface area contributed by atoms with Crippen LogP contribution < -0.4 is 0 Å². The largest absolute Gasteiger partial charge is 0.463 e. The Morgan fingerprint density at radius 2 is 2.29 bits per heavy atom. The van der Waals surface area contributed by atoms with Crippen LogP contribution in [0.4, 0.5) is 0 Å². The number of hydrogen-bond donors (Lipinski definition) is 0. The van der Waals surface area contributed by atoms with Gasteiger partial charge in [0.25, 0.3) is 0 Å². The fourth-order valence-electron chi connectivity index (χ4n) is 1.13. The van der Waals surface area contributed by atoms with Crippen LogP contribution in [0, 0.1) is 12.3 Å². The van der Waals surface area contributed by atoms with E-state index in [1.165, 1.54) is 0 Å². The number of carbonyl (C=O) groups is 1. The van der Waals surface area contributed by atoms with E-state index in [-0.39, 0.29) is 5.97 Å². The van der Waals surface area contributed by atoms with E-state index in [1.54, 1.807) is 19.1 Å². The summed E-state index contributed by atoms with van der Waals surface area (Å²) in [7, 11) is 0. The van der Waals surface area contributed by atoms with Gasteiger partial charge in [-0.15, -0.1) is 6.42 Å². The highest BCUT2D eigenvalue weighted by atomic mass is 16.5. The molecule has 0 aromatic rings. The lowest BCUT2D eigenvalue weighted by molar-refractivity contribution is -0.138. The number of ether oxygens (including phenoxy) is 1. The number of terminal acetylenes is 1. The predicted octanol–water partition coefficient (Wildman–Crippen LogP) is 2.00. The molecule has 0 atom stereocenters. The molecule has 0 spiro atoms. The number of hydrogen-bond acceptors (Lipinski definition) is 2. The van der Waals surface area contributed by atoms with Crippen molar-refractivity contribution in [1.29, 1.82) is 0 Å². The van der Waals surface area contributed by atoms with Gasteiger partial charge < -0.3 is 4.74 Å². The van der Waals surface area contributed by atoms with Crippen molar-refractivity contribution in [3.8, 4) is 12.3 Å². The van der Waals surface area contributed by atoms with Crippen molar-refractivity contribution >= 4 is 5.97 Å². The zero-order valence-corrected chi connectivity index (χ0v) is 8.12. The smallest absolute Gasteiger partial charge is 0.334 e. The van der Waals surface area contributed by atoms with E-state index < -0.39 is 0 Å². The highest BCUT2D eigenvalue weighted by Crippen LogP contribution is 2.15. The minimum Gasteiger partial charge on any atom is -0.463 e. The van der Waals surface area contributed by atoms with Crippen LogP contribution in [-0.4, -0.2) is 12.6 Å². The summed E-state index contributed by atoms with van der Waals surface area (Å²) >= 11 is 0. The minimum atomic E-state index is -0.291. The van der Waals surface area contributed by atoms with E-state index >= 15 is 0 Å². The van der Waals surface area contributed by atoms with Crippen molar-refractivity contribution in [2.24, 2.45) is 0 Å². The summed E-state index contributed by atoms with van der Waals surface area (Å²) in [5.41, 5.74) is 1.39. The summed E-state index contributed by atoms with van der Waals surface area (Å²) < 4.78 is 4.89. The summed E-state index contributed by atoms with van der Waals surface area (Å²) in [5, 5.41) is 0. The molecule has 0 N–H and O–H groups in total. The Morgan fingerprint density at radius 1 is 1.57 bits per heavy atom. The van der Waals surface area contributed by atoms with Gasteiger partial charge in [-0.3, -0.25) is 0 Å². The SMILES string of the molecule is C#CC1=CC=CC=C(C(=O)OCC)C1. The van der Waals surface area contributed by atoms with Crippen molar-refractivity contribution in [1.82, 2.24) is 0 Å². The summed E-state index contributed by atoms with van der Waals surface area (Å²) in [6.07, 6.45) is 12.9. The minimum absolute atomic E-state index is 0.291. The molecule has 72 valence electrons. The van der Waals surface area contributed by atoms with Gasteiger partial charge in [-0.2, -0.15) is 0 Å². The summed E-state index contributed by atoms with van der Waals surface area (Å²) in [6.45, 7) is 2.16. The molecule has 0 aliphatic heterocycles. The van der Waals surface area contributed by atoms with Crippen LogP contribution >= 0.6 is 0 Å². The number of rotatable bonds is 2. The Balaban J connectivity index is 2.78. The molecular weight excluding hydrogens is 176 g/mol. The number of allylic oxidation sites excluding steroid dienone is 5. The Labute approximate surface area is 84.0 Å². The van der Waals surface area contributed by atoms with Gasteiger partial charge in [-0.25, -0.2) is 4.79 Å². The fraction of sp³-hybridized carbons (Fsp3) is 0.250. The zero-order valence-electron chi connectivity index (χ0n) is 8.12. The van der Waals surface area contributed by atoms with Crippen molar-refractivity contribution in [2.45, 2.75) is 13.3 Å². The Morgan fingerprint density at radius 3 is 2.93 bits per heavy atom.